The van der Waals surface area contributed by atoms with Crippen molar-refractivity contribution in [3.05, 3.63) is 64.2 Å². The second-order valence-electron chi connectivity index (χ2n) is 7.81. The molecule has 0 aromatic heterocycles. The topological polar surface area (TPSA) is 173 Å². The van der Waals surface area contributed by atoms with Gasteiger partial charge in [-0.25, -0.2) is 4.79 Å². The highest BCUT2D eigenvalue weighted by atomic mass is 32.2. The number of hydrogen-bond donors (Lipinski definition) is 3. The highest BCUT2D eigenvalue weighted by molar-refractivity contribution is 7.96. The Kier molecular flexibility index (Phi) is 8.09. The Balaban J connectivity index is 1.75. The number of non-ortho nitro benzene ring substituents is 1. The number of nitro groups is 1. The van der Waals surface area contributed by atoms with Gasteiger partial charge >= 0.3 is 6.09 Å². The van der Waals surface area contributed by atoms with Crippen LogP contribution in [0.3, 0.4) is 0 Å². The minimum Gasteiger partial charge on any atom is -0.445 e. The Morgan fingerprint density at radius 3 is 2.43 bits per heavy atom. The van der Waals surface area contributed by atoms with E-state index in [4.69, 9.17) is 4.74 Å². The number of likely N-dealkylation sites (tertiary alicyclic amines) is 1. The first kappa shape index (κ1) is 26.1. The first-order valence-corrected chi connectivity index (χ1v) is 12.1. The summed E-state index contributed by atoms with van der Waals surface area (Å²) < 4.78 is 37.9. The molecular formula is C21H21N3O9S2. The summed E-state index contributed by atoms with van der Waals surface area (Å²) >= 11 is 3.76. The van der Waals surface area contributed by atoms with Crippen LogP contribution in [-0.2, 0) is 31.1 Å². The maximum atomic E-state index is 13.0. The molecular weight excluding hydrogens is 502 g/mol. The maximum Gasteiger partial charge on any atom is 0.410 e. The maximum absolute atomic E-state index is 13.0. The van der Waals surface area contributed by atoms with Gasteiger partial charge in [-0.1, -0.05) is 12.1 Å². The van der Waals surface area contributed by atoms with E-state index in [1.807, 2.05) is 0 Å². The van der Waals surface area contributed by atoms with Gasteiger partial charge in [-0.3, -0.25) is 29.2 Å². The third-order valence-corrected chi connectivity index (χ3v) is 6.41. The molecule has 1 aliphatic rings. The van der Waals surface area contributed by atoms with E-state index in [9.17, 15) is 37.5 Å². The number of nitrogens with zero attached hydrogens (tertiary/aromatic N) is 2. The third kappa shape index (κ3) is 6.77. The Bertz CT molecular complexity index is 1250. The molecule has 1 saturated heterocycles. The molecule has 2 N–H and O–H groups in total. The SMILES string of the molecule is O=C(S)C[C@@H]1C[C@@H](C(=O)Nc2ccccc2S(=O)(=O)O)N(C(=O)OCc2ccc([N+](=O)[O-])cc2)C1. The molecule has 0 bridgehead atoms. The fourth-order valence-corrected chi connectivity index (χ4v) is 4.63. The summed E-state index contributed by atoms with van der Waals surface area (Å²) in [6.07, 6.45) is -0.764. The summed E-state index contributed by atoms with van der Waals surface area (Å²) in [6, 6.07) is 9.49. The Morgan fingerprint density at radius 2 is 1.83 bits per heavy atom. The van der Waals surface area contributed by atoms with Gasteiger partial charge in [-0.2, -0.15) is 8.42 Å². The number of nitrogens with one attached hydrogen (secondary N) is 1. The smallest absolute Gasteiger partial charge is 0.410 e. The van der Waals surface area contributed by atoms with Gasteiger partial charge in [-0.05, 0) is 42.2 Å². The molecule has 1 heterocycles. The molecule has 14 heteroatoms. The van der Waals surface area contributed by atoms with Crippen LogP contribution in [0.15, 0.2) is 53.4 Å². The quantitative estimate of drug-likeness (QED) is 0.203. The number of nitro benzene ring substituents is 1. The molecule has 2 atom stereocenters. The zero-order valence-electron chi connectivity index (χ0n) is 18.1. The molecule has 0 saturated carbocycles. The highest BCUT2D eigenvalue weighted by Gasteiger charge is 2.41. The molecule has 0 unspecified atom stereocenters. The summed E-state index contributed by atoms with van der Waals surface area (Å²) in [7, 11) is -4.62. The first-order chi connectivity index (χ1) is 16.5. The minimum atomic E-state index is -4.62. The number of para-hydroxylation sites is 1. The minimum absolute atomic E-state index is 0.000625. The largest absolute Gasteiger partial charge is 0.445 e. The molecule has 12 nitrogen and oxygen atoms in total. The number of carbonyl (C=O) groups is 3. The average molecular weight is 524 g/mol. The van der Waals surface area contributed by atoms with Crippen LogP contribution >= 0.6 is 12.6 Å². The van der Waals surface area contributed by atoms with E-state index in [-0.39, 0.29) is 43.3 Å². The lowest BCUT2D eigenvalue weighted by Crippen LogP contribution is -2.43. The van der Waals surface area contributed by atoms with Gasteiger partial charge < -0.3 is 10.1 Å². The van der Waals surface area contributed by atoms with Gasteiger partial charge in [-0.15, -0.1) is 12.6 Å². The van der Waals surface area contributed by atoms with Gasteiger partial charge in [0.05, 0.1) is 10.6 Å². The van der Waals surface area contributed by atoms with Gasteiger partial charge in [0.2, 0.25) is 5.91 Å². The molecule has 0 spiro atoms. The van der Waals surface area contributed by atoms with Crippen LogP contribution in [0.1, 0.15) is 18.4 Å². The zero-order valence-corrected chi connectivity index (χ0v) is 19.8. The molecule has 2 amide bonds. The van der Waals surface area contributed by atoms with Gasteiger partial charge in [0.25, 0.3) is 15.8 Å². The second kappa shape index (κ2) is 10.8. The van der Waals surface area contributed by atoms with Crippen LogP contribution in [0.25, 0.3) is 0 Å². The van der Waals surface area contributed by atoms with E-state index in [1.54, 1.807) is 0 Å². The van der Waals surface area contributed by atoms with Crippen molar-refractivity contribution in [1.82, 2.24) is 4.90 Å². The molecule has 2 aromatic rings. The summed E-state index contributed by atoms with van der Waals surface area (Å²) in [4.78, 5) is 48.1. The molecule has 0 aliphatic carbocycles. The summed E-state index contributed by atoms with van der Waals surface area (Å²) in [5.41, 5.74) is 0.182. The number of rotatable bonds is 8. The van der Waals surface area contributed by atoms with E-state index in [0.29, 0.717) is 5.56 Å². The van der Waals surface area contributed by atoms with Gasteiger partial charge in [0.15, 0.2) is 5.12 Å². The van der Waals surface area contributed by atoms with Gasteiger partial charge in [0, 0.05) is 25.1 Å². The molecule has 0 radical (unpaired) electrons. The molecule has 1 fully saturated rings. The van der Waals surface area contributed by atoms with Gasteiger partial charge in [0.1, 0.15) is 17.5 Å². The molecule has 3 rings (SSSR count). The van der Waals surface area contributed by atoms with Crippen LogP contribution in [-0.4, -0.2) is 52.5 Å². The summed E-state index contributed by atoms with van der Waals surface area (Å²) in [5, 5.41) is 12.8. The van der Waals surface area contributed by atoms with Crippen molar-refractivity contribution in [2.24, 2.45) is 5.92 Å². The molecule has 2 aromatic carbocycles. The predicted octanol–water partition coefficient (Wildman–Crippen LogP) is 2.65. The van der Waals surface area contributed by atoms with Crippen molar-refractivity contribution in [1.29, 1.82) is 0 Å². The normalized spacial score (nSPS) is 17.6. The average Bonchev–Trinajstić information content (AvgIpc) is 3.20. The first-order valence-electron chi connectivity index (χ1n) is 10.2. The standard InChI is InChI=1S/C21H21N3O9S2/c25-19(34)10-14-9-17(20(26)22-16-3-1-2-4-18(16)35(30,31)32)23(11-14)21(27)33-12-13-5-7-15(8-6-13)24(28)29/h1-8,14,17H,9-12H2,(H,22,26)(H,25,34)(H,30,31,32)/t14-,17-/m0/s1. The van der Waals surface area contributed by atoms with Crippen molar-refractivity contribution in [2.75, 3.05) is 11.9 Å². The zero-order chi connectivity index (χ0) is 25.8. The van der Waals surface area contributed by atoms with E-state index in [1.165, 1.54) is 42.5 Å². The lowest BCUT2D eigenvalue weighted by atomic mass is 10.0. The Morgan fingerprint density at radius 1 is 1.17 bits per heavy atom. The van der Waals surface area contributed by atoms with E-state index in [2.05, 4.69) is 17.9 Å². The monoisotopic (exact) mass is 523 g/mol. The second-order valence-corrected chi connectivity index (χ2v) is 9.70. The van der Waals surface area contributed by atoms with Crippen LogP contribution in [0, 0.1) is 16.0 Å². The Labute approximate surface area is 205 Å². The molecule has 1 aliphatic heterocycles. The fourth-order valence-electron chi connectivity index (χ4n) is 3.72. The lowest BCUT2D eigenvalue weighted by molar-refractivity contribution is -0.384. The van der Waals surface area contributed by atoms with E-state index >= 15 is 0 Å². The number of anilines is 1. The van der Waals surface area contributed by atoms with Crippen LogP contribution in [0.5, 0.6) is 0 Å². The van der Waals surface area contributed by atoms with E-state index < -0.39 is 43.1 Å². The van der Waals surface area contributed by atoms with Crippen molar-refractivity contribution >= 4 is 51.2 Å². The third-order valence-electron chi connectivity index (χ3n) is 5.32. The Hall–Kier alpha value is -3.49. The number of amides is 2. The number of ether oxygens (including phenoxy) is 1. The van der Waals surface area contributed by atoms with Crippen molar-refractivity contribution in [2.45, 2.75) is 30.4 Å². The highest BCUT2D eigenvalue weighted by Crippen LogP contribution is 2.29. The van der Waals surface area contributed by atoms with Crippen molar-refractivity contribution in [3.63, 3.8) is 0 Å². The van der Waals surface area contributed by atoms with Crippen LogP contribution in [0.4, 0.5) is 16.2 Å². The number of benzene rings is 2. The van der Waals surface area contributed by atoms with Crippen molar-refractivity contribution < 1.29 is 37.0 Å². The number of hydrogen-bond acceptors (Lipinski definition) is 8. The van der Waals surface area contributed by atoms with Crippen LogP contribution in [0.2, 0.25) is 0 Å². The van der Waals surface area contributed by atoms with Crippen LogP contribution < -0.4 is 5.32 Å². The lowest BCUT2D eigenvalue weighted by Gasteiger charge is -2.23. The summed E-state index contributed by atoms with van der Waals surface area (Å²) in [6.45, 7) is -0.202. The number of thiol groups is 1. The summed E-state index contributed by atoms with van der Waals surface area (Å²) in [5.74, 6) is -1.12. The van der Waals surface area contributed by atoms with Crippen molar-refractivity contribution in [3.8, 4) is 0 Å². The number of carbonyl (C=O) groups excluding carboxylic acids is 3. The fraction of sp³-hybridized carbons (Fsp3) is 0.286. The molecule has 186 valence electrons. The molecule has 35 heavy (non-hydrogen) atoms. The predicted molar refractivity (Wildman–Crippen MR) is 125 cm³/mol. The van der Waals surface area contributed by atoms with E-state index in [0.717, 1.165) is 11.0 Å².